The summed E-state index contributed by atoms with van der Waals surface area (Å²) in [6, 6.07) is 12.3. The van der Waals surface area contributed by atoms with Crippen molar-refractivity contribution < 1.29 is 9.53 Å². The lowest BCUT2D eigenvalue weighted by Crippen LogP contribution is -2.33. The third-order valence-corrected chi connectivity index (χ3v) is 7.01. The first kappa shape index (κ1) is 19.5. The van der Waals surface area contributed by atoms with Crippen molar-refractivity contribution >= 4 is 38.9 Å². The van der Waals surface area contributed by atoms with Gasteiger partial charge in [0.05, 0.1) is 12.5 Å². The van der Waals surface area contributed by atoms with Gasteiger partial charge in [-0.3, -0.25) is 9.36 Å². The van der Waals surface area contributed by atoms with Crippen LogP contribution in [0, 0.1) is 6.92 Å². The van der Waals surface area contributed by atoms with Crippen LogP contribution in [-0.2, 0) is 16.0 Å². The van der Waals surface area contributed by atoms with Gasteiger partial charge in [-0.2, -0.15) is 0 Å². The smallest absolute Gasteiger partial charge is 0.333 e. The highest BCUT2D eigenvalue weighted by atomic mass is 32.1. The number of hydrogen-bond acceptors (Lipinski definition) is 6. The average molecular weight is 425 g/mol. The molecule has 5 nitrogen and oxygen atoms in total. The van der Waals surface area contributed by atoms with E-state index in [-0.39, 0.29) is 5.56 Å². The molecule has 0 saturated heterocycles. The highest BCUT2D eigenvalue weighted by Crippen LogP contribution is 2.39. The van der Waals surface area contributed by atoms with E-state index in [4.69, 9.17) is 9.72 Å². The number of thiophene rings is 2. The van der Waals surface area contributed by atoms with Crippen LogP contribution in [0.25, 0.3) is 20.7 Å². The Kier molecular flexibility index (Phi) is 5.34. The summed E-state index contributed by atoms with van der Waals surface area (Å²) < 4.78 is 6.52. The third-order valence-electron chi connectivity index (χ3n) is 4.89. The van der Waals surface area contributed by atoms with E-state index in [1.165, 1.54) is 11.7 Å². The molecule has 0 fully saturated rings. The van der Waals surface area contributed by atoms with Crippen molar-refractivity contribution in [2.75, 3.05) is 7.11 Å². The summed E-state index contributed by atoms with van der Waals surface area (Å²) >= 11 is 3.15. The van der Waals surface area contributed by atoms with Crippen molar-refractivity contribution in [2.45, 2.75) is 26.3 Å². The van der Waals surface area contributed by atoms with Crippen molar-refractivity contribution in [3.05, 3.63) is 74.5 Å². The zero-order chi connectivity index (χ0) is 20.5. The molecule has 1 aromatic carbocycles. The number of hydrogen-bond donors (Lipinski definition) is 0. The minimum atomic E-state index is -0.883. The predicted octanol–water partition coefficient (Wildman–Crippen LogP) is 4.82. The van der Waals surface area contributed by atoms with Gasteiger partial charge in [0.15, 0.2) is 6.04 Å². The molecule has 0 radical (unpaired) electrons. The van der Waals surface area contributed by atoms with Gasteiger partial charge in [-0.25, -0.2) is 9.78 Å². The molecular formula is C22H20N2O3S2. The fourth-order valence-corrected chi connectivity index (χ4v) is 5.61. The van der Waals surface area contributed by atoms with E-state index in [1.807, 2.05) is 47.8 Å². The average Bonchev–Trinajstić information content (AvgIpc) is 3.38. The van der Waals surface area contributed by atoms with Gasteiger partial charge in [0.1, 0.15) is 10.7 Å². The molecule has 0 aliphatic heterocycles. The van der Waals surface area contributed by atoms with Gasteiger partial charge in [-0.15, -0.1) is 22.7 Å². The summed E-state index contributed by atoms with van der Waals surface area (Å²) in [7, 11) is 1.33. The molecule has 0 spiro atoms. The van der Waals surface area contributed by atoms with E-state index in [0.29, 0.717) is 21.6 Å². The van der Waals surface area contributed by atoms with E-state index >= 15 is 0 Å². The molecule has 3 aromatic heterocycles. The quantitative estimate of drug-likeness (QED) is 0.431. The number of carbonyl (C=O) groups is 1. The zero-order valence-corrected chi connectivity index (χ0v) is 18.0. The minimum Gasteiger partial charge on any atom is -0.467 e. The number of rotatable bonds is 5. The van der Waals surface area contributed by atoms with Gasteiger partial charge in [0, 0.05) is 15.3 Å². The zero-order valence-electron chi connectivity index (χ0n) is 16.3. The molecule has 0 bridgehead atoms. The number of benzene rings is 1. The van der Waals surface area contributed by atoms with Crippen LogP contribution in [0.3, 0.4) is 0 Å². The van der Waals surface area contributed by atoms with E-state index < -0.39 is 12.0 Å². The van der Waals surface area contributed by atoms with E-state index in [0.717, 1.165) is 21.7 Å². The van der Waals surface area contributed by atoms with Gasteiger partial charge in [0.2, 0.25) is 0 Å². The molecule has 148 valence electrons. The summed E-state index contributed by atoms with van der Waals surface area (Å²) in [6.45, 7) is 3.84. The van der Waals surface area contributed by atoms with Crippen molar-refractivity contribution in [2.24, 2.45) is 0 Å². The van der Waals surface area contributed by atoms with Gasteiger partial charge in [-0.1, -0.05) is 43.3 Å². The molecule has 0 amide bonds. The summed E-state index contributed by atoms with van der Waals surface area (Å²) in [6.07, 6.45) is 0.811. The molecule has 1 atom stereocenters. The molecule has 4 rings (SSSR count). The maximum atomic E-state index is 13.8. The van der Waals surface area contributed by atoms with Gasteiger partial charge in [0.25, 0.3) is 5.56 Å². The van der Waals surface area contributed by atoms with Crippen LogP contribution in [0.2, 0.25) is 0 Å². The Morgan fingerprint density at radius 3 is 2.59 bits per heavy atom. The first-order valence-electron chi connectivity index (χ1n) is 9.28. The monoisotopic (exact) mass is 424 g/mol. The standard InChI is InChI=1S/C22H20N2O3S2/c1-4-15-17(16-11-8-12-28-16)18-20(29-15)23-13(2)24(21(18)25)19(22(26)27-3)14-9-6-5-7-10-14/h5-12,19H,4H2,1-3H3. The molecule has 7 heteroatoms. The highest BCUT2D eigenvalue weighted by Gasteiger charge is 2.29. The Balaban J connectivity index is 2.06. The number of methoxy groups -OCH3 is 1. The van der Waals surface area contributed by atoms with Crippen LogP contribution in [0.5, 0.6) is 0 Å². The fraction of sp³-hybridized carbons (Fsp3) is 0.227. The lowest BCUT2D eigenvalue weighted by molar-refractivity contribution is -0.143. The maximum absolute atomic E-state index is 13.8. The maximum Gasteiger partial charge on any atom is 0.333 e. The Hall–Kier alpha value is -2.77. The molecule has 3 heterocycles. The number of fused-ring (bicyclic) bond motifs is 1. The summed E-state index contributed by atoms with van der Waals surface area (Å²) in [5.74, 6) is -0.00504. The number of esters is 1. The molecule has 0 aliphatic carbocycles. The fourth-order valence-electron chi connectivity index (χ4n) is 3.58. The van der Waals surface area contributed by atoms with Crippen LogP contribution in [0.15, 0.2) is 52.6 Å². The molecular weight excluding hydrogens is 404 g/mol. The Morgan fingerprint density at radius 1 is 1.21 bits per heavy atom. The van der Waals surface area contributed by atoms with Crippen molar-refractivity contribution in [1.82, 2.24) is 9.55 Å². The number of carbonyl (C=O) groups excluding carboxylic acids is 1. The summed E-state index contributed by atoms with van der Waals surface area (Å²) in [4.78, 5) is 34.1. The first-order valence-corrected chi connectivity index (χ1v) is 11.0. The lowest BCUT2D eigenvalue weighted by Gasteiger charge is -2.20. The van der Waals surface area contributed by atoms with Crippen LogP contribution in [0.1, 0.15) is 29.2 Å². The van der Waals surface area contributed by atoms with E-state index in [9.17, 15) is 9.59 Å². The number of ether oxygens (including phenoxy) is 1. The second-order valence-corrected chi connectivity index (χ2v) is 8.61. The molecule has 29 heavy (non-hydrogen) atoms. The number of aromatic nitrogens is 2. The molecule has 0 aliphatic rings. The van der Waals surface area contributed by atoms with Crippen LogP contribution >= 0.6 is 22.7 Å². The number of aryl methyl sites for hydroxylation is 2. The van der Waals surface area contributed by atoms with Crippen molar-refractivity contribution in [1.29, 1.82) is 0 Å². The second-order valence-electron chi connectivity index (χ2n) is 6.58. The van der Waals surface area contributed by atoms with Gasteiger partial charge < -0.3 is 4.74 Å². The first-order chi connectivity index (χ1) is 14.1. The largest absolute Gasteiger partial charge is 0.467 e. The Bertz CT molecular complexity index is 1220. The number of nitrogens with zero attached hydrogens (tertiary/aromatic N) is 2. The topological polar surface area (TPSA) is 61.2 Å². The summed E-state index contributed by atoms with van der Waals surface area (Å²) in [5.41, 5.74) is 1.41. The van der Waals surface area contributed by atoms with Crippen molar-refractivity contribution in [3.8, 4) is 10.4 Å². The normalized spacial score (nSPS) is 12.2. The highest BCUT2D eigenvalue weighted by molar-refractivity contribution is 7.20. The minimum absolute atomic E-state index is 0.217. The molecule has 4 aromatic rings. The summed E-state index contributed by atoms with van der Waals surface area (Å²) in [5, 5.41) is 2.57. The van der Waals surface area contributed by atoms with E-state index in [2.05, 4.69) is 6.92 Å². The molecule has 0 saturated carbocycles. The Labute approximate surface area is 176 Å². The van der Waals surface area contributed by atoms with Crippen LogP contribution < -0.4 is 5.56 Å². The second kappa shape index (κ2) is 7.93. The van der Waals surface area contributed by atoms with Gasteiger partial charge in [-0.05, 0) is 30.4 Å². The molecule has 1 unspecified atom stereocenters. The molecule has 0 N–H and O–H groups in total. The predicted molar refractivity (Wildman–Crippen MR) is 118 cm³/mol. The van der Waals surface area contributed by atoms with Crippen LogP contribution in [-0.4, -0.2) is 22.6 Å². The van der Waals surface area contributed by atoms with Gasteiger partial charge >= 0.3 is 5.97 Å². The lowest BCUT2D eigenvalue weighted by atomic mass is 10.1. The van der Waals surface area contributed by atoms with Crippen LogP contribution in [0.4, 0.5) is 0 Å². The SMILES string of the molecule is CCc1sc2nc(C)n(C(C(=O)OC)c3ccccc3)c(=O)c2c1-c1cccs1. The Morgan fingerprint density at radius 2 is 1.97 bits per heavy atom. The van der Waals surface area contributed by atoms with Crippen molar-refractivity contribution in [3.63, 3.8) is 0 Å². The van der Waals surface area contributed by atoms with E-state index in [1.54, 1.807) is 29.6 Å². The third kappa shape index (κ3) is 3.30.